The highest BCUT2D eigenvalue weighted by Gasteiger charge is 2.17. The third-order valence-electron chi connectivity index (χ3n) is 5.88. The fourth-order valence-electron chi connectivity index (χ4n) is 4.11. The molecular weight excluding hydrogens is 380 g/mol. The van der Waals surface area contributed by atoms with Crippen LogP contribution in [0.1, 0.15) is 55.6 Å². The van der Waals surface area contributed by atoms with Crippen LogP contribution in [0.5, 0.6) is 0 Å². The van der Waals surface area contributed by atoms with Crippen LogP contribution in [0.4, 0.5) is 5.69 Å². The summed E-state index contributed by atoms with van der Waals surface area (Å²) in [6, 6.07) is 24.1. The van der Waals surface area contributed by atoms with Crippen LogP contribution in [-0.2, 0) is 0 Å². The van der Waals surface area contributed by atoms with E-state index in [4.69, 9.17) is 4.98 Å². The molecule has 4 aromatic rings. The molecule has 0 bridgehead atoms. The van der Waals surface area contributed by atoms with Gasteiger partial charge in [-0.1, -0.05) is 69.2 Å². The van der Waals surface area contributed by atoms with Crippen LogP contribution in [0.25, 0.3) is 21.7 Å². The Morgan fingerprint density at radius 1 is 0.742 bits per heavy atom. The van der Waals surface area contributed by atoms with Crippen LogP contribution in [0, 0.1) is 0 Å². The van der Waals surface area contributed by atoms with Gasteiger partial charge < -0.3 is 4.90 Å². The van der Waals surface area contributed by atoms with Crippen LogP contribution >= 0.6 is 0 Å². The van der Waals surface area contributed by atoms with Crippen molar-refractivity contribution in [2.45, 2.75) is 39.5 Å². The summed E-state index contributed by atoms with van der Waals surface area (Å²) in [6.45, 7) is 6.56. The summed E-state index contributed by atoms with van der Waals surface area (Å²) in [5.74, 6) is -0.0258. The summed E-state index contributed by atoms with van der Waals surface area (Å²) in [4.78, 5) is 20.6. The molecule has 0 saturated carbocycles. The smallest absolute Gasteiger partial charge is 0.212 e. The zero-order valence-electron chi connectivity index (χ0n) is 18.5. The molecule has 0 saturated heterocycles. The van der Waals surface area contributed by atoms with E-state index in [2.05, 4.69) is 43.0 Å². The maximum Gasteiger partial charge on any atom is 0.212 e. The molecule has 0 amide bonds. The second-order valence-electron chi connectivity index (χ2n) is 8.09. The number of benzene rings is 3. The summed E-state index contributed by atoms with van der Waals surface area (Å²) in [5.41, 5.74) is 3.25. The number of anilines is 1. The van der Waals surface area contributed by atoms with Crippen molar-refractivity contribution in [1.82, 2.24) is 4.98 Å². The number of hydrogen-bond donors (Lipinski definition) is 0. The van der Waals surface area contributed by atoms with Crippen LogP contribution in [-0.4, -0.2) is 23.9 Å². The molecule has 31 heavy (non-hydrogen) atoms. The van der Waals surface area contributed by atoms with Crippen LogP contribution < -0.4 is 4.90 Å². The number of para-hydroxylation sites is 1. The van der Waals surface area contributed by atoms with E-state index < -0.39 is 0 Å². The lowest BCUT2D eigenvalue weighted by Crippen LogP contribution is -2.25. The molecule has 0 fully saturated rings. The van der Waals surface area contributed by atoms with E-state index in [1.807, 2.05) is 48.5 Å². The standard InChI is InChI=1S/C28H30N2O/c1-3-5-19-30(20-6-4-2)22-17-15-21(16-18-22)28(31)27-25-13-8-7-11-23(25)24-12-9-10-14-26(24)29-27/h7-18H,3-6,19-20H2,1-2H3. The fraction of sp³-hybridized carbons (Fsp3) is 0.286. The Kier molecular flexibility index (Phi) is 6.61. The maximum absolute atomic E-state index is 13.5. The molecule has 0 radical (unpaired) electrons. The number of ketones is 1. The first-order chi connectivity index (χ1) is 15.2. The van der Waals surface area contributed by atoms with Gasteiger partial charge >= 0.3 is 0 Å². The summed E-state index contributed by atoms with van der Waals surface area (Å²) in [5, 5.41) is 3.05. The van der Waals surface area contributed by atoms with E-state index >= 15 is 0 Å². The second kappa shape index (κ2) is 9.74. The zero-order chi connectivity index (χ0) is 21.6. The summed E-state index contributed by atoms with van der Waals surface area (Å²) in [7, 11) is 0. The van der Waals surface area contributed by atoms with Gasteiger partial charge in [-0.15, -0.1) is 0 Å². The van der Waals surface area contributed by atoms with Gasteiger partial charge in [-0.25, -0.2) is 4.98 Å². The average molecular weight is 411 g/mol. The largest absolute Gasteiger partial charge is 0.372 e. The zero-order valence-corrected chi connectivity index (χ0v) is 18.5. The number of aromatic nitrogens is 1. The molecule has 1 heterocycles. The van der Waals surface area contributed by atoms with Crippen molar-refractivity contribution in [2.75, 3.05) is 18.0 Å². The minimum Gasteiger partial charge on any atom is -0.372 e. The molecule has 0 spiro atoms. The normalized spacial score (nSPS) is 11.2. The first kappa shape index (κ1) is 21.0. The number of fused-ring (bicyclic) bond motifs is 3. The van der Waals surface area contributed by atoms with Crippen molar-refractivity contribution in [1.29, 1.82) is 0 Å². The van der Waals surface area contributed by atoms with E-state index in [0.717, 1.165) is 34.8 Å². The average Bonchev–Trinajstić information content (AvgIpc) is 2.83. The van der Waals surface area contributed by atoms with Gasteiger partial charge in [-0.3, -0.25) is 4.79 Å². The van der Waals surface area contributed by atoms with Gasteiger partial charge in [-0.2, -0.15) is 0 Å². The molecule has 0 aliphatic carbocycles. The van der Waals surface area contributed by atoms with Crippen molar-refractivity contribution >= 4 is 33.1 Å². The quantitative estimate of drug-likeness (QED) is 0.219. The molecule has 0 aliphatic rings. The summed E-state index contributed by atoms with van der Waals surface area (Å²) in [6.07, 6.45) is 4.72. The Morgan fingerprint density at radius 3 is 1.97 bits per heavy atom. The summed E-state index contributed by atoms with van der Waals surface area (Å²) >= 11 is 0. The van der Waals surface area contributed by atoms with E-state index in [1.54, 1.807) is 0 Å². The minimum atomic E-state index is -0.0258. The number of pyridine rings is 1. The Labute approximate surface area is 184 Å². The number of nitrogens with zero attached hydrogens (tertiary/aromatic N) is 2. The van der Waals surface area contributed by atoms with E-state index in [9.17, 15) is 4.79 Å². The molecule has 0 atom stereocenters. The Hall–Kier alpha value is -3.20. The van der Waals surface area contributed by atoms with E-state index in [0.29, 0.717) is 11.3 Å². The third-order valence-corrected chi connectivity index (χ3v) is 5.88. The van der Waals surface area contributed by atoms with Crippen molar-refractivity contribution in [2.24, 2.45) is 0 Å². The van der Waals surface area contributed by atoms with Gasteiger partial charge in [0.15, 0.2) is 0 Å². The first-order valence-corrected chi connectivity index (χ1v) is 11.4. The van der Waals surface area contributed by atoms with E-state index in [1.165, 1.54) is 31.4 Å². The molecule has 4 rings (SSSR count). The highest BCUT2D eigenvalue weighted by molar-refractivity contribution is 6.19. The van der Waals surface area contributed by atoms with Gasteiger partial charge in [0, 0.05) is 35.1 Å². The fourth-order valence-corrected chi connectivity index (χ4v) is 4.11. The first-order valence-electron chi connectivity index (χ1n) is 11.4. The highest BCUT2D eigenvalue weighted by Crippen LogP contribution is 2.28. The predicted molar refractivity (Wildman–Crippen MR) is 131 cm³/mol. The number of unbranched alkanes of at least 4 members (excludes halogenated alkanes) is 2. The molecule has 1 aromatic heterocycles. The highest BCUT2D eigenvalue weighted by atomic mass is 16.1. The topological polar surface area (TPSA) is 33.2 Å². The van der Waals surface area contributed by atoms with Crippen molar-refractivity contribution < 1.29 is 4.79 Å². The molecular formula is C28H30N2O. The number of carbonyl (C=O) groups is 1. The Balaban J connectivity index is 1.69. The number of carbonyl (C=O) groups excluding carboxylic acids is 1. The van der Waals surface area contributed by atoms with E-state index in [-0.39, 0.29) is 5.78 Å². The molecule has 0 aliphatic heterocycles. The molecule has 3 aromatic carbocycles. The van der Waals surface area contributed by atoms with Gasteiger partial charge in [0.05, 0.1) is 5.52 Å². The monoisotopic (exact) mass is 410 g/mol. The van der Waals surface area contributed by atoms with Crippen LogP contribution in [0.3, 0.4) is 0 Å². The molecule has 158 valence electrons. The van der Waals surface area contributed by atoms with Crippen LogP contribution in [0.2, 0.25) is 0 Å². The van der Waals surface area contributed by atoms with Crippen LogP contribution in [0.15, 0.2) is 72.8 Å². The van der Waals surface area contributed by atoms with Gasteiger partial charge in [-0.05, 0) is 48.6 Å². The lowest BCUT2D eigenvalue weighted by atomic mass is 9.99. The number of rotatable bonds is 9. The van der Waals surface area contributed by atoms with Gasteiger partial charge in [0.1, 0.15) is 5.69 Å². The molecule has 3 nitrogen and oxygen atoms in total. The maximum atomic E-state index is 13.5. The predicted octanol–water partition coefficient (Wildman–Crippen LogP) is 7.03. The Bertz CT molecular complexity index is 1170. The third kappa shape index (κ3) is 4.46. The molecule has 3 heteroatoms. The molecule has 0 unspecified atom stereocenters. The van der Waals surface area contributed by atoms with Gasteiger partial charge in [0.2, 0.25) is 5.78 Å². The molecule has 0 N–H and O–H groups in total. The number of hydrogen-bond acceptors (Lipinski definition) is 3. The van der Waals surface area contributed by atoms with Gasteiger partial charge in [0.25, 0.3) is 0 Å². The Morgan fingerprint density at radius 2 is 1.32 bits per heavy atom. The van der Waals surface area contributed by atoms with Crippen molar-refractivity contribution in [3.8, 4) is 0 Å². The summed E-state index contributed by atoms with van der Waals surface area (Å²) < 4.78 is 0. The second-order valence-corrected chi connectivity index (χ2v) is 8.09. The van der Waals surface area contributed by atoms with Crippen molar-refractivity contribution in [3.05, 3.63) is 84.1 Å². The lowest BCUT2D eigenvalue weighted by molar-refractivity contribution is 0.103. The van der Waals surface area contributed by atoms with Crippen molar-refractivity contribution in [3.63, 3.8) is 0 Å². The lowest BCUT2D eigenvalue weighted by Gasteiger charge is -2.24. The minimum absolute atomic E-state index is 0.0258. The SMILES string of the molecule is CCCCN(CCCC)c1ccc(C(=O)c2nc3ccccc3c3ccccc23)cc1.